The monoisotopic (exact) mass is 319 g/mol. The van der Waals surface area contributed by atoms with E-state index in [-0.39, 0.29) is 6.10 Å². The van der Waals surface area contributed by atoms with E-state index in [0.717, 1.165) is 16.8 Å². The van der Waals surface area contributed by atoms with Crippen molar-refractivity contribution in [3.8, 4) is 5.75 Å². The predicted octanol–water partition coefficient (Wildman–Crippen LogP) is 4.10. The molecular formula is C16H18BrNO. The fraction of sp³-hybridized carbons (Fsp3) is 0.250. The predicted molar refractivity (Wildman–Crippen MR) is 82.6 cm³/mol. The van der Waals surface area contributed by atoms with Crippen molar-refractivity contribution in [1.29, 1.82) is 0 Å². The van der Waals surface area contributed by atoms with Crippen molar-refractivity contribution in [2.24, 2.45) is 0 Å². The van der Waals surface area contributed by atoms with Gasteiger partial charge in [0.1, 0.15) is 11.9 Å². The van der Waals surface area contributed by atoms with Crippen molar-refractivity contribution in [2.75, 3.05) is 13.6 Å². The number of nitrogens with one attached hydrogen (secondary N) is 1. The Labute approximate surface area is 122 Å². The summed E-state index contributed by atoms with van der Waals surface area (Å²) in [7, 11) is 1.94. The van der Waals surface area contributed by atoms with Gasteiger partial charge >= 0.3 is 0 Å². The highest BCUT2D eigenvalue weighted by Gasteiger charge is 2.12. The molecule has 1 atom stereocenters. The van der Waals surface area contributed by atoms with Crippen LogP contribution in [0.4, 0.5) is 0 Å². The van der Waals surface area contributed by atoms with Crippen molar-refractivity contribution >= 4 is 15.9 Å². The van der Waals surface area contributed by atoms with Crippen molar-refractivity contribution in [3.63, 3.8) is 0 Å². The summed E-state index contributed by atoms with van der Waals surface area (Å²) in [6.07, 6.45) is 0.0202. The van der Waals surface area contributed by atoms with Crippen molar-refractivity contribution in [2.45, 2.75) is 13.0 Å². The van der Waals surface area contributed by atoms with Gasteiger partial charge in [-0.1, -0.05) is 46.3 Å². The molecule has 1 unspecified atom stereocenters. The SMILES string of the molecule is CNCC(Oc1ccc(Br)c(C)c1)c1ccccc1. The number of hydrogen-bond acceptors (Lipinski definition) is 2. The summed E-state index contributed by atoms with van der Waals surface area (Å²) in [5, 5.41) is 3.18. The van der Waals surface area contributed by atoms with Crippen LogP contribution < -0.4 is 10.1 Å². The molecule has 0 aliphatic carbocycles. The maximum atomic E-state index is 6.09. The van der Waals surface area contributed by atoms with Gasteiger partial charge in [-0.25, -0.2) is 0 Å². The van der Waals surface area contributed by atoms with E-state index in [1.807, 2.05) is 37.4 Å². The van der Waals surface area contributed by atoms with Crippen LogP contribution in [0.2, 0.25) is 0 Å². The van der Waals surface area contributed by atoms with Gasteiger partial charge in [-0.3, -0.25) is 0 Å². The number of aryl methyl sites for hydroxylation is 1. The van der Waals surface area contributed by atoms with Crippen LogP contribution in [0.5, 0.6) is 5.75 Å². The molecule has 0 bridgehead atoms. The molecule has 0 fully saturated rings. The third-order valence-electron chi connectivity index (χ3n) is 2.97. The molecule has 3 heteroatoms. The minimum absolute atomic E-state index is 0.0202. The zero-order valence-electron chi connectivity index (χ0n) is 11.2. The molecule has 0 aliphatic heterocycles. The molecule has 2 aromatic rings. The number of rotatable bonds is 5. The zero-order valence-corrected chi connectivity index (χ0v) is 12.8. The molecule has 0 radical (unpaired) electrons. The lowest BCUT2D eigenvalue weighted by molar-refractivity contribution is 0.205. The second-order valence-electron chi connectivity index (χ2n) is 4.49. The minimum atomic E-state index is 0.0202. The fourth-order valence-corrected chi connectivity index (χ4v) is 2.18. The summed E-state index contributed by atoms with van der Waals surface area (Å²) in [4.78, 5) is 0. The number of benzene rings is 2. The normalized spacial score (nSPS) is 12.2. The van der Waals surface area contributed by atoms with Crippen LogP contribution in [0, 0.1) is 6.92 Å². The minimum Gasteiger partial charge on any atom is -0.484 e. The van der Waals surface area contributed by atoms with Crippen LogP contribution in [-0.4, -0.2) is 13.6 Å². The standard InChI is InChI=1S/C16H18BrNO/c1-12-10-14(8-9-15(12)17)19-16(11-18-2)13-6-4-3-5-7-13/h3-10,16,18H,11H2,1-2H3. The Bertz CT molecular complexity index is 528. The lowest BCUT2D eigenvalue weighted by Gasteiger charge is -2.19. The zero-order chi connectivity index (χ0) is 13.7. The summed E-state index contributed by atoms with van der Waals surface area (Å²) in [6.45, 7) is 2.84. The van der Waals surface area contributed by atoms with E-state index in [2.05, 4.69) is 46.4 Å². The third-order valence-corrected chi connectivity index (χ3v) is 3.86. The molecule has 0 heterocycles. The molecule has 100 valence electrons. The lowest BCUT2D eigenvalue weighted by atomic mass is 10.1. The number of ether oxygens (including phenoxy) is 1. The highest BCUT2D eigenvalue weighted by molar-refractivity contribution is 9.10. The first-order valence-electron chi connectivity index (χ1n) is 6.33. The highest BCUT2D eigenvalue weighted by Crippen LogP contribution is 2.26. The largest absolute Gasteiger partial charge is 0.484 e. The molecule has 2 aromatic carbocycles. The van der Waals surface area contributed by atoms with Gasteiger partial charge in [-0.2, -0.15) is 0 Å². The maximum absolute atomic E-state index is 6.09. The number of likely N-dealkylation sites (N-methyl/N-ethyl adjacent to an activating group) is 1. The first kappa shape index (κ1) is 14.1. The summed E-state index contributed by atoms with van der Waals surface area (Å²) < 4.78 is 7.20. The van der Waals surface area contributed by atoms with E-state index in [9.17, 15) is 0 Å². The Morgan fingerprint density at radius 2 is 1.89 bits per heavy atom. The Hall–Kier alpha value is -1.32. The highest BCUT2D eigenvalue weighted by atomic mass is 79.9. The quantitative estimate of drug-likeness (QED) is 0.896. The van der Waals surface area contributed by atoms with Crippen LogP contribution in [0.15, 0.2) is 53.0 Å². The maximum Gasteiger partial charge on any atom is 0.136 e. The van der Waals surface area contributed by atoms with E-state index in [1.165, 1.54) is 11.1 Å². The topological polar surface area (TPSA) is 21.3 Å². The molecule has 0 saturated carbocycles. The molecule has 0 aliphatic rings. The van der Waals surface area contributed by atoms with Crippen LogP contribution >= 0.6 is 15.9 Å². The summed E-state index contributed by atoms with van der Waals surface area (Å²) >= 11 is 3.50. The Kier molecular flexibility index (Phi) is 5.00. The Morgan fingerprint density at radius 3 is 2.53 bits per heavy atom. The van der Waals surface area contributed by atoms with Gasteiger partial charge in [-0.05, 0) is 43.3 Å². The molecule has 0 saturated heterocycles. The average Bonchev–Trinajstić information content (AvgIpc) is 2.43. The van der Waals surface area contributed by atoms with Gasteiger partial charge < -0.3 is 10.1 Å². The van der Waals surface area contributed by atoms with Crippen molar-refractivity contribution in [1.82, 2.24) is 5.32 Å². The van der Waals surface area contributed by atoms with Gasteiger partial charge in [0, 0.05) is 11.0 Å². The fourth-order valence-electron chi connectivity index (χ4n) is 1.94. The van der Waals surface area contributed by atoms with Crippen molar-refractivity contribution < 1.29 is 4.74 Å². The summed E-state index contributed by atoms with van der Waals surface area (Å²) in [5.41, 5.74) is 2.35. The number of hydrogen-bond donors (Lipinski definition) is 1. The molecule has 0 spiro atoms. The molecule has 0 aromatic heterocycles. The van der Waals surface area contributed by atoms with E-state index in [4.69, 9.17) is 4.74 Å². The van der Waals surface area contributed by atoms with Crippen LogP contribution in [0.1, 0.15) is 17.2 Å². The Balaban J connectivity index is 2.19. The lowest BCUT2D eigenvalue weighted by Crippen LogP contribution is -2.21. The summed E-state index contributed by atoms with van der Waals surface area (Å²) in [6, 6.07) is 16.3. The van der Waals surface area contributed by atoms with Gasteiger partial charge in [0.05, 0.1) is 0 Å². The molecule has 2 nitrogen and oxygen atoms in total. The van der Waals surface area contributed by atoms with Gasteiger partial charge in [0.2, 0.25) is 0 Å². The van der Waals surface area contributed by atoms with Gasteiger partial charge in [-0.15, -0.1) is 0 Å². The molecular weight excluding hydrogens is 302 g/mol. The smallest absolute Gasteiger partial charge is 0.136 e. The van der Waals surface area contributed by atoms with Crippen LogP contribution in [0.25, 0.3) is 0 Å². The molecule has 2 rings (SSSR count). The van der Waals surface area contributed by atoms with E-state index < -0.39 is 0 Å². The second kappa shape index (κ2) is 6.73. The second-order valence-corrected chi connectivity index (χ2v) is 5.34. The van der Waals surface area contributed by atoms with E-state index in [1.54, 1.807) is 0 Å². The van der Waals surface area contributed by atoms with Gasteiger partial charge in [0.25, 0.3) is 0 Å². The van der Waals surface area contributed by atoms with Crippen LogP contribution in [-0.2, 0) is 0 Å². The first-order valence-corrected chi connectivity index (χ1v) is 7.12. The number of halogens is 1. The van der Waals surface area contributed by atoms with Crippen LogP contribution in [0.3, 0.4) is 0 Å². The van der Waals surface area contributed by atoms with E-state index >= 15 is 0 Å². The average molecular weight is 320 g/mol. The molecule has 1 N–H and O–H groups in total. The first-order chi connectivity index (χ1) is 9.20. The Morgan fingerprint density at radius 1 is 1.16 bits per heavy atom. The summed E-state index contributed by atoms with van der Waals surface area (Å²) in [5.74, 6) is 0.893. The molecule has 19 heavy (non-hydrogen) atoms. The molecule has 0 amide bonds. The van der Waals surface area contributed by atoms with Crippen molar-refractivity contribution in [3.05, 3.63) is 64.1 Å². The van der Waals surface area contributed by atoms with Gasteiger partial charge in [0.15, 0.2) is 0 Å². The third kappa shape index (κ3) is 3.82. The van der Waals surface area contributed by atoms with E-state index in [0.29, 0.717) is 0 Å².